The molecule has 0 aliphatic carbocycles. The van der Waals surface area contributed by atoms with Crippen LogP contribution in [0.4, 0.5) is 0 Å². The lowest BCUT2D eigenvalue weighted by atomic mass is 10.1. The summed E-state index contributed by atoms with van der Waals surface area (Å²) in [4.78, 5) is 0. The molecule has 2 rings (SSSR count). The lowest BCUT2D eigenvalue weighted by Gasteiger charge is -1.94. The monoisotopic (exact) mass is 212 g/mol. The predicted molar refractivity (Wildman–Crippen MR) is 64.0 cm³/mol. The first-order valence-corrected chi connectivity index (χ1v) is 4.97. The van der Waals surface area contributed by atoms with Gasteiger partial charge in [-0.2, -0.15) is 5.10 Å². The molecular weight excluding hydrogens is 200 g/mol. The summed E-state index contributed by atoms with van der Waals surface area (Å²) in [7, 11) is 0. The molecule has 1 aromatic carbocycles. The van der Waals surface area contributed by atoms with E-state index in [1.54, 1.807) is 23.5 Å². The average Bonchev–Trinajstić information content (AvgIpc) is 2.81. The summed E-state index contributed by atoms with van der Waals surface area (Å²) in [5.41, 5.74) is 2.23. The van der Waals surface area contributed by atoms with Gasteiger partial charge in [0.25, 0.3) is 0 Å². The second kappa shape index (κ2) is 5.02. The Morgan fingerprint density at radius 3 is 2.56 bits per heavy atom. The molecule has 0 spiro atoms. The molecule has 0 aliphatic rings. The lowest BCUT2D eigenvalue weighted by Crippen LogP contribution is -1.86. The van der Waals surface area contributed by atoms with Crippen molar-refractivity contribution in [1.82, 2.24) is 14.9 Å². The molecule has 0 fully saturated rings. The highest BCUT2D eigenvalue weighted by Gasteiger charge is 1.88. The summed E-state index contributed by atoms with van der Waals surface area (Å²) in [6.07, 6.45) is 6.93. The summed E-state index contributed by atoms with van der Waals surface area (Å²) in [5.74, 6) is 0. The molecule has 0 N–H and O–H groups in total. The van der Waals surface area contributed by atoms with E-state index in [0.29, 0.717) is 0 Å². The van der Waals surface area contributed by atoms with Gasteiger partial charge >= 0.3 is 0 Å². The van der Waals surface area contributed by atoms with Crippen LogP contribution >= 0.6 is 0 Å². The minimum Gasteiger partial charge on any atom is -0.208 e. The van der Waals surface area contributed by atoms with Gasteiger partial charge in [-0.05, 0) is 18.1 Å². The Morgan fingerprint density at radius 1 is 1.19 bits per heavy atom. The van der Waals surface area contributed by atoms with Crippen LogP contribution in [0.25, 0.3) is 6.08 Å². The zero-order valence-corrected chi connectivity index (χ0v) is 8.99. The van der Waals surface area contributed by atoms with Crippen LogP contribution in [0.2, 0.25) is 0 Å². The lowest BCUT2D eigenvalue weighted by molar-refractivity contribution is 0.878. The summed E-state index contributed by atoms with van der Waals surface area (Å²) >= 11 is 0. The molecule has 4 heteroatoms. The maximum Gasteiger partial charge on any atom is 0.141 e. The first-order valence-electron chi connectivity index (χ1n) is 4.97. The van der Waals surface area contributed by atoms with E-state index < -0.39 is 0 Å². The van der Waals surface area contributed by atoms with Crippen molar-refractivity contribution in [2.45, 2.75) is 6.92 Å². The fourth-order valence-corrected chi connectivity index (χ4v) is 1.26. The Labute approximate surface area is 94.0 Å². The Kier molecular flexibility index (Phi) is 3.23. The molecule has 0 unspecified atom stereocenters. The van der Waals surface area contributed by atoms with Gasteiger partial charge in [0.2, 0.25) is 0 Å². The van der Waals surface area contributed by atoms with Gasteiger partial charge in [-0.25, -0.2) is 4.68 Å². The summed E-state index contributed by atoms with van der Waals surface area (Å²) in [5, 5.41) is 11.5. The van der Waals surface area contributed by atoms with Crippen LogP contribution in [0.1, 0.15) is 12.5 Å². The van der Waals surface area contributed by atoms with Crippen LogP contribution in [0.3, 0.4) is 0 Å². The molecule has 0 aliphatic heterocycles. The summed E-state index contributed by atoms with van der Waals surface area (Å²) in [6, 6.07) is 10.1. The zero-order valence-electron chi connectivity index (χ0n) is 8.99. The summed E-state index contributed by atoms with van der Waals surface area (Å²) in [6.45, 7) is 2.00. The second-order valence-corrected chi connectivity index (χ2v) is 3.39. The molecule has 4 nitrogen and oxygen atoms in total. The largest absolute Gasteiger partial charge is 0.208 e. The van der Waals surface area contributed by atoms with E-state index in [1.165, 1.54) is 0 Å². The predicted octanol–water partition coefficient (Wildman–Crippen LogP) is 2.22. The molecule has 16 heavy (non-hydrogen) atoms. The van der Waals surface area contributed by atoms with Crippen molar-refractivity contribution in [3.8, 4) is 0 Å². The number of rotatable bonds is 3. The van der Waals surface area contributed by atoms with Gasteiger partial charge in [0.15, 0.2) is 0 Å². The van der Waals surface area contributed by atoms with Crippen molar-refractivity contribution < 1.29 is 0 Å². The first-order chi connectivity index (χ1) is 7.84. The molecule has 1 aromatic heterocycles. The molecule has 0 bridgehead atoms. The zero-order chi connectivity index (χ0) is 11.2. The van der Waals surface area contributed by atoms with Crippen molar-refractivity contribution in [1.29, 1.82) is 0 Å². The second-order valence-electron chi connectivity index (χ2n) is 3.39. The highest BCUT2D eigenvalue weighted by molar-refractivity contribution is 5.84. The number of allylic oxidation sites excluding steroid dienone is 1. The van der Waals surface area contributed by atoms with Crippen LogP contribution in [-0.2, 0) is 0 Å². The first kappa shape index (κ1) is 10.3. The highest BCUT2D eigenvalue weighted by atomic mass is 15.4. The number of hydrogen-bond acceptors (Lipinski definition) is 3. The fraction of sp³-hybridized carbons (Fsp3) is 0.0833. The van der Waals surface area contributed by atoms with Gasteiger partial charge in [0.1, 0.15) is 12.7 Å². The van der Waals surface area contributed by atoms with Gasteiger partial charge in [-0.1, -0.05) is 36.4 Å². The third kappa shape index (κ3) is 2.88. The molecule has 0 atom stereocenters. The van der Waals surface area contributed by atoms with Crippen molar-refractivity contribution in [3.05, 3.63) is 54.1 Å². The Hall–Kier alpha value is -2.23. The van der Waals surface area contributed by atoms with Crippen LogP contribution in [0.5, 0.6) is 0 Å². The van der Waals surface area contributed by atoms with E-state index in [4.69, 9.17) is 0 Å². The van der Waals surface area contributed by atoms with Gasteiger partial charge in [0.05, 0.1) is 6.21 Å². The van der Waals surface area contributed by atoms with Gasteiger partial charge in [0, 0.05) is 0 Å². The van der Waals surface area contributed by atoms with Gasteiger partial charge in [-0.3, -0.25) is 0 Å². The van der Waals surface area contributed by atoms with Crippen molar-refractivity contribution in [2.24, 2.45) is 5.10 Å². The van der Waals surface area contributed by atoms with Crippen LogP contribution < -0.4 is 0 Å². The normalized spacial score (nSPS) is 12.2. The van der Waals surface area contributed by atoms with Gasteiger partial charge in [-0.15, -0.1) is 10.2 Å². The molecule has 80 valence electrons. The van der Waals surface area contributed by atoms with E-state index in [1.807, 2.05) is 25.1 Å². The molecule has 0 amide bonds. The molecule has 1 heterocycles. The van der Waals surface area contributed by atoms with Crippen LogP contribution in [-0.4, -0.2) is 21.1 Å². The van der Waals surface area contributed by atoms with E-state index in [0.717, 1.165) is 11.1 Å². The quantitative estimate of drug-likeness (QED) is 0.732. The molecule has 2 aromatic rings. The Morgan fingerprint density at radius 2 is 1.88 bits per heavy atom. The Balaban J connectivity index is 2.09. The average molecular weight is 212 g/mol. The van der Waals surface area contributed by atoms with Crippen LogP contribution in [0, 0.1) is 0 Å². The maximum absolute atomic E-state index is 4.16. The SMILES string of the molecule is CC(/C=N\n1cnnc1)=C\c1ccccc1. The van der Waals surface area contributed by atoms with Crippen molar-refractivity contribution in [2.75, 3.05) is 0 Å². The number of nitrogens with zero attached hydrogens (tertiary/aromatic N) is 4. The minimum absolute atomic E-state index is 1.07. The van der Waals surface area contributed by atoms with Crippen molar-refractivity contribution in [3.63, 3.8) is 0 Å². The van der Waals surface area contributed by atoms with E-state index in [2.05, 4.69) is 33.5 Å². The standard InChI is InChI=1S/C12H12N4/c1-11(7-12-5-3-2-4-6-12)8-15-16-9-13-14-10-16/h2-10H,1H3/b11-7+,15-8-. The van der Waals surface area contributed by atoms with E-state index >= 15 is 0 Å². The highest BCUT2D eigenvalue weighted by Crippen LogP contribution is 2.04. The van der Waals surface area contributed by atoms with E-state index in [9.17, 15) is 0 Å². The van der Waals surface area contributed by atoms with Gasteiger partial charge < -0.3 is 0 Å². The third-order valence-electron chi connectivity index (χ3n) is 2.00. The third-order valence-corrected chi connectivity index (χ3v) is 2.00. The smallest absolute Gasteiger partial charge is 0.141 e. The fourth-order valence-electron chi connectivity index (χ4n) is 1.26. The number of benzene rings is 1. The maximum atomic E-state index is 4.16. The molecule has 0 radical (unpaired) electrons. The molecule has 0 saturated heterocycles. The molecule has 0 saturated carbocycles. The molecular formula is C12H12N4. The number of hydrogen-bond donors (Lipinski definition) is 0. The minimum atomic E-state index is 1.07. The van der Waals surface area contributed by atoms with Crippen molar-refractivity contribution >= 4 is 12.3 Å². The Bertz CT molecular complexity index is 483. The number of aromatic nitrogens is 3. The topological polar surface area (TPSA) is 43.1 Å². The summed E-state index contributed by atoms with van der Waals surface area (Å²) < 4.78 is 1.56. The van der Waals surface area contributed by atoms with Crippen LogP contribution in [0.15, 0.2) is 53.7 Å². The van der Waals surface area contributed by atoms with E-state index in [-0.39, 0.29) is 0 Å².